The number of benzene rings is 2. The highest BCUT2D eigenvalue weighted by atomic mass is 16.6. The van der Waals surface area contributed by atoms with Gasteiger partial charge in [0, 0.05) is 0 Å². The van der Waals surface area contributed by atoms with Gasteiger partial charge in [-0.2, -0.15) is 0 Å². The number of carbonyl (C=O) groups is 4. The first-order valence-electron chi connectivity index (χ1n) is 21.5. The third-order valence-corrected chi connectivity index (χ3v) is 9.93. The number of hydrogen-bond acceptors (Lipinski definition) is 7. The molecule has 0 saturated carbocycles. The second-order valence-electron chi connectivity index (χ2n) is 14.8. The van der Waals surface area contributed by atoms with Gasteiger partial charge in [-0.1, -0.05) is 179 Å². The molecule has 2 rings (SSSR count). The maximum Gasteiger partial charge on any atom is 0.343 e. The van der Waals surface area contributed by atoms with Crippen molar-refractivity contribution in [3.8, 4) is 5.75 Å². The van der Waals surface area contributed by atoms with Crippen molar-refractivity contribution >= 4 is 30.0 Å². The molecular formula is C47H70O8. The SMILES string of the molecule is CCCCCCCCCCCCCCOC(=O)C(C=Cc1ccc(C(=O)Oc2ccc(C(=O)O)cc2)cc1)C(=O)OCCCCCCCCCCCCCC. The number of rotatable bonds is 33. The summed E-state index contributed by atoms with van der Waals surface area (Å²) in [5.41, 5.74) is 1.06. The van der Waals surface area contributed by atoms with E-state index in [9.17, 15) is 19.2 Å². The van der Waals surface area contributed by atoms with E-state index in [4.69, 9.17) is 19.3 Å². The minimum atomic E-state index is -1.19. The number of unbranched alkanes of at least 4 members (excludes halogenated alkanes) is 22. The average molecular weight is 763 g/mol. The van der Waals surface area contributed by atoms with Gasteiger partial charge in [0.05, 0.1) is 24.3 Å². The largest absolute Gasteiger partial charge is 0.478 e. The fourth-order valence-electron chi connectivity index (χ4n) is 6.43. The number of ether oxygens (including phenoxy) is 3. The van der Waals surface area contributed by atoms with Crippen LogP contribution in [0.1, 0.15) is 194 Å². The minimum Gasteiger partial charge on any atom is -0.478 e. The monoisotopic (exact) mass is 763 g/mol. The molecule has 0 aromatic heterocycles. The third kappa shape index (κ3) is 22.9. The van der Waals surface area contributed by atoms with Crippen molar-refractivity contribution in [1.29, 1.82) is 0 Å². The van der Waals surface area contributed by atoms with E-state index in [0.29, 0.717) is 11.1 Å². The van der Waals surface area contributed by atoms with Gasteiger partial charge in [0.15, 0.2) is 5.92 Å². The Bertz CT molecular complexity index is 1310. The molecule has 2 aromatic carbocycles. The molecule has 0 bridgehead atoms. The number of carboxylic acids is 1. The normalized spacial score (nSPS) is 11.3. The zero-order valence-corrected chi connectivity index (χ0v) is 34.0. The van der Waals surface area contributed by atoms with Crippen LogP contribution in [0.2, 0.25) is 0 Å². The first kappa shape index (κ1) is 47.2. The molecule has 0 radical (unpaired) electrons. The molecule has 2 aromatic rings. The lowest BCUT2D eigenvalue weighted by Gasteiger charge is -2.13. The molecule has 55 heavy (non-hydrogen) atoms. The molecule has 0 atom stereocenters. The highest BCUT2D eigenvalue weighted by Gasteiger charge is 2.27. The van der Waals surface area contributed by atoms with Crippen LogP contribution in [0, 0.1) is 5.92 Å². The van der Waals surface area contributed by atoms with Gasteiger partial charge in [0.25, 0.3) is 0 Å². The summed E-state index contributed by atoms with van der Waals surface area (Å²) in [5.74, 6) is -3.86. The molecule has 0 unspecified atom stereocenters. The Labute approximate surface area is 331 Å². The topological polar surface area (TPSA) is 116 Å². The summed E-state index contributed by atoms with van der Waals surface area (Å²) in [7, 11) is 0. The highest BCUT2D eigenvalue weighted by Crippen LogP contribution is 2.18. The summed E-state index contributed by atoms with van der Waals surface area (Å²) in [4.78, 5) is 50.0. The summed E-state index contributed by atoms with van der Waals surface area (Å²) in [6.45, 7) is 5.02. The van der Waals surface area contributed by atoms with E-state index in [1.807, 2.05) is 0 Å². The van der Waals surface area contributed by atoms with E-state index in [1.165, 1.54) is 146 Å². The average Bonchev–Trinajstić information content (AvgIpc) is 3.19. The van der Waals surface area contributed by atoms with E-state index in [-0.39, 0.29) is 24.5 Å². The Hall–Kier alpha value is -3.94. The third-order valence-electron chi connectivity index (χ3n) is 9.93. The predicted octanol–water partition coefficient (Wildman–Crippen LogP) is 12.7. The number of carboxylic acid groups (broad SMARTS) is 1. The molecule has 0 aliphatic heterocycles. The van der Waals surface area contributed by atoms with Gasteiger partial charge in [-0.25, -0.2) is 9.59 Å². The Balaban J connectivity index is 1.82. The lowest BCUT2D eigenvalue weighted by Crippen LogP contribution is -2.27. The summed E-state index contributed by atoms with van der Waals surface area (Å²) in [6.07, 6.45) is 32.2. The fourth-order valence-corrected chi connectivity index (χ4v) is 6.43. The van der Waals surface area contributed by atoms with Crippen LogP contribution < -0.4 is 4.74 Å². The maximum atomic E-state index is 13.1. The second kappa shape index (κ2) is 31.3. The van der Waals surface area contributed by atoms with Crippen LogP contribution in [-0.4, -0.2) is 42.2 Å². The van der Waals surface area contributed by atoms with Crippen molar-refractivity contribution in [3.05, 3.63) is 71.3 Å². The van der Waals surface area contributed by atoms with Gasteiger partial charge in [0.1, 0.15) is 5.75 Å². The van der Waals surface area contributed by atoms with Crippen LogP contribution in [0.4, 0.5) is 0 Å². The molecular weight excluding hydrogens is 693 g/mol. The Morgan fingerprint density at radius 1 is 0.509 bits per heavy atom. The van der Waals surface area contributed by atoms with Gasteiger partial charge < -0.3 is 19.3 Å². The molecule has 8 heteroatoms. The van der Waals surface area contributed by atoms with Crippen molar-refractivity contribution in [3.63, 3.8) is 0 Å². The Morgan fingerprint density at radius 2 is 0.873 bits per heavy atom. The summed E-state index contributed by atoms with van der Waals surface area (Å²) in [5, 5.41) is 9.07. The van der Waals surface area contributed by atoms with E-state index < -0.39 is 29.8 Å². The lowest BCUT2D eigenvalue weighted by molar-refractivity contribution is -0.159. The summed E-state index contributed by atoms with van der Waals surface area (Å²) in [6, 6.07) is 12.1. The van der Waals surface area contributed by atoms with Crippen molar-refractivity contribution in [2.45, 2.75) is 168 Å². The van der Waals surface area contributed by atoms with Crippen molar-refractivity contribution in [1.82, 2.24) is 0 Å². The molecule has 0 saturated heterocycles. The van der Waals surface area contributed by atoms with Gasteiger partial charge in [-0.3, -0.25) is 9.59 Å². The van der Waals surface area contributed by atoms with E-state index >= 15 is 0 Å². The van der Waals surface area contributed by atoms with Crippen molar-refractivity contribution < 1.29 is 38.5 Å². The first-order chi connectivity index (χ1) is 26.8. The standard InChI is InChI=1S/C47H70O8/c1-3-5-7-9-11-13-15-17-19-21-23-25-37-53-46(51)43(47(52)54-38-26-24-22-20-18-16-14-12-10-8-6-4-2)36-29-39-27-30-41(31-28-39)45(50)55-42-34-32-40(33-35-42)44(48)49/h27-36,43H,3-26,37-38H2,1-2H3,(H,48,49). The van der Waals surface area contributed by atoms with Crippen molar-refractivity contribution in [2.75, 3.05) is 13.2 Å². The molecule has 0 aliphatic rings. The molecule has 0 fully saturated rings. The second-order valence-corrected chi connectivity index (χ2v) is 14.8. The van der Waals surface area contributed by atoms with Crippen LogP contribution in [0.15, 0.2) is 54.6 Å². The van der Waals surface area contributed by atoms with Crippen LogP contribution in [0.3, 0.4) is 0 Å². The van der Waals surface area contributed by atoms with Crippen LogP contribution in [0.5, 0.6) is 5.75 Å². The lowest BCUT2D eigenvalue weighted by atomic mass is 10.1. The highest BCUT2D eigenvalue weighted by molar-refractivity contribution is 5.98. The fraction of sp³-hybridized carbons (Fsp3) is 0.617. The first-order valence-corrected chi connectivity index (χ1v) is 21.5. The molecule has 1 N–H and O–H groups in total. The molecule has 0 spiro atoms. The van der Waals surface area contributed by atoms with Gasteiger partial charge in [-0.15, -0.1) is 0 Å². The number of aromatic carboxylic acids is 1. The van der Waals surface area contributed by atoms with Crippen LogP contribution in [0.25, 0.3) is 6.08 Å². The molecule has 0 amide bonds. The summed E-state index contributed by atoms with van der Waals surface area (Å²) < 4.78 is 16.5. The van der Waals surface area contributed by atoms with E-state index in [2.05, 4.69) is 13.8 Å². The smallest absolute Gasteiger partial charge is 0.343 e. The van der Waals surface area contributed by atoms with Gasteiger partial charge in [-0.05, 0) is 54.8 Å². The molecule has 8 nitrogen and oxygen atoms in total. The van der Waals surface area contributed by atoms with Crippen LogP contribution >= 0.6 is 0 Å². The zero-order chi connectivity index (χ0) is 39.8. The van der Waals surface area contributed by atoms with Gasteiger partial charge in [0.2, 0.25) is 0 Å². The van der Waals surface area contributed by atoms with Crippen molar-refractivity contribution in [2.24, 2.45) is 5.92 Å². The zero-order valence-electron chi connectivity index (χ0n) is 34.0. The van der Waals surface area contributed by atoms with E-state index in [0.717, 1.165) is 38.5 Å². The predicted molar refractivity (Wildman–Crippen MR) is 221 cm³/mol. The van der Waals surface area contributed by atoms with E-state index in [1.54, 1.807) is 30.3 Å². The molecule has 306 valence electrons. The molecule has 0 aliphatic carbocycles. The summed E-state index contributed by atoms with van der Waals surface area (Å²) >= 11 is 0. The maximum absolute atomic E-state index is 13.1. The number of esters is 3. The van der Waals surface area contributed by atoms with Crippen LogP contribution in [-0.2, 0) is 19.1 Å². The minimum absolute atomic E-state index is 0.0932. The van der Waals surface area contributed by atoms with Gasteiger partial charge >= 0.3 is 23.9 Å². The number of carbonyl (C=O) groups excluding carboxylic acids is 3. The Morgan fingerprint density at radius 3 is 1.25 bits per heavy atom. The number of hydrogen-bond donors (Lipinski definition) is 1. The molecule has 0 heterocycles. The quantitative estimate of drug-likeness (QED) is 0.0331. The Kier molecular flexibility index (Phi) is 26.9.